The van der Waals surface area contributed by atoms with Crippen molar-refractivity contribution >= 4 is 11.9 Å². The highest BCUT2D eigenvalue weighted by Crippen LogP contribution is 2.19. The van der Waals surface area contributed by atoms with E-state index in [1.165, 1.54) is 321 Å². The Hall–Kier alpha value is -1.66. The third-order valence-electron chi connectivity index (χ3n) is 16.5. The van der Waals surface area contributed by atoms with Crippen LogP contribution in [0.15, 0.2) is 24.3 Å². The number of nitrogens with one attached hydrogen (secondary N) is 1. The van der Waals surface area contributed by atoms with Gasteiger partial charge in [-0.25, -0.2) is 0 Å². The van der Waals surface area contributed by atoms with Gasteiger partial charge in [-0.2, -0.15) is 0 Å². The predicted octanol–water partition coefficient (Wildman–Crippen LogP) is 22.5. The van der Waals surface area contributed by atoms with Gasteiger partial charge in [-0.05, 0) is 57.8 Å². The lowest BCUT2D eigenvalue weighted by molar-refractivity contribution is -0.143. The Morgan fingerprint density at radius 1 is 0.351 bits per heavy atom. The fourth-order valence-electron chi connectivity index (χ4n) is 11.1. The standard InChI is InChI=1S/C71H137NO5/c1-3-5-7-9-11-13-15-17-19-20-21-22-24-27-30-33-36-39-43-47-51-55-59-63-69(74)68(67-73)72-70(75)64-60-56-52-48-44-40-37-34-31-28-25-23-26-29-32-35-38-42-46-50-54-58-62-66-77-71(76)65-61-57-53-49-45-41-18-16-14-12-10-8-6-4-2/h16,18,59,63,68-69,73-74H,3-15,17,19-58,60-62,64-67H2,1-2H3,(H,72,75)/b18-16-,63-59+. The zero-order valence-electron chi connectivity index (χ0n) is 52.2. The molecule has 0 radical (unpaired) electrons. The van der Waals surface area contributed by atoms with E-state index in [0.29, 0.717) is 19.4 Å². The number of aliphatic hydroxyl groups excluding tert-OH is 2. The number of amides is 1. The minimum Gasteiger partial charge on any atom is -0.466 e. The summed E-state index contributed by atoms with van der Waals surface area (Å²) in [5.41, 5.74) is 0. The average Bonchev–Trinajstić information content (AvgIpc) is 3.43. The Balaban J connectivity index is 3.40. The number of aliphatic hydroxyl groups is 2. The van der Waals surface area contributed by atoms with Gasteiger partial charge >= 0.3 is 5.97 Å². The zero-order chi connectivity index (χ0) is 55.7. The van der Waals surface area contributed by atoms with Gasteiger partial charge in [0.25, 0.3) is 0 Å². The molecule has 6 heteroatoms. The summed E-state index contributed by atoms with van der Waals surface area (Å²) in [7, 11) is 0. The molecule has 0 aromatic carbocycles. The topological polar surface area (TPSA) is 95.9 Å². The summed E-state index contributed by atoms with van der Waals surface area (Å²) in [6, 6.07) is -0.629. The summed E-state index contributed by atoms with van der Waals surface area (Å²) >= 11 is 0. The molecule has 0 saturated heterocycles. The summed E-state index contributed by atoms with van der Waals surface area (Å²) in [6.07, 6.45) is 83.9. The van der Waals surface area contributed by atoms with Crippen LogP contribution in [-0.2, 0) is 14.3 Å². The van der Waals surface area contributed by atoms with Crippen LogP contribution in [0.2, 0.25) is 0 Å². The molecular weight excluding hydrogens is 947 g/mol. The van der Waals surface area contributed by atoms with Crippen LogP contribution in [0.25, 0.3) is 0 Å². The molecule has 456 valence electrons. The summed E-state index contributed by atoms with van der Waals surface area (Å²) < 4.78 is 5.48. The number of unbranched alkanes of at least 4 members (excludes halogenated alkanes) is 53. The highest BCUT2D eigenvalue weighted by molar-refractivity contribution is 5.76. The van der Waals surface area contributed by atoms with Crippen LogP contribution in [0.3, 0.4) is 0 Å². The first-order valence-electron chi connectivity index (χ1n) is 35.1. The van der Waals surface area contributed by atoms with Crippen molar-refractivity contribution in [3.05, 3.63) is 24.3 Å². The summed E-state index contributed by atoms with van der Waals surface area (Å²) in [5, 5.41) is 23.3. The van der Waals surface area contributed by atoms with Gasteiger partial charge in [0.1, 0.15) is 0 Å². The fourth-order valence-corrected chi connectivity index (χ4v) is 11.1. The van der Waals surface area contributed by atoms with Gasteiger partial charge in [0.2, 0.25) is 5.91 Å². The number of carbonyl (C=O) groups is 2. The average molecular weight is 1080 g/mol. The van der Waals surface area contributed by atoms with Crippen molar-refractivity contribution in [1.82, 2.24) is 5.32 Å². The maximum atomic E-state index is 12.5. The van der Waals surface area contributed by atoms with Crippen molar-refractivity contribution < 1.29 is 24.5 Å². The Morgan fingerprint density at radius 3 is 0.922 bits per heavy atom. The first-order valence-corrected chi connectivity index (χ1v) is 35.1. The fraction of sp³-hybridized carbons (Fsp3) is 0.915. The minimum atomic E-state index is -0.845. The third-order valence-corrected chi connectivity index (χ3v) is 16.5. The highest BCUT2D eigenvalue weighted by Gasteiger charge is 2.18. The van der Waals surface area contributed by atoms with Crippen LogP contribution in [0.5, 0.6) is 0 Å². The SMILES string of the molecule is CCCCCCC/C=C\CCCCCCCC(=O)OCCCCCCCCCCCCCCCCCCCCCCCCCC(=O)NC(CO)C(O)/C=C/CCCCCCCCCCCCCCCCCCCCCCC. The lowest BCUT2D eigenvalue weighted by Gasteiger charge is -2.20. The molecule has 77 heavy (non-hydrogen) atoms. The molecule has 1 amide bonds. The molecule has 0 bridgehead atoms. The Morgan fingerprint density at radius 2 is 0.610 bits per heavy atom. The van der Waals surface area contributed by atoms with Crippen molar-refractivity contribution in [2.75, 3.05) is 13.2 Å². The van der Waals surface area contributed by atoms with Gasteiger partial charge in [-0.15, -0.1) is 0 Å². The number of hydrogen-bond donors (Lipinski definition) is 3. The van der Waals surface area contributed by atoms with Crippen molar-refractivity contribution in [2.24, 2.45) is 0 Å². The monoisotopic (exact) mass is 1080 g/mol. The van der Waals surface area contributed by atoms with E-state index >= 15 is 0 Å². The summed E-state index contributed by atoms with van der Waals surface area (Å²) in [4.78, 5) is 24.6. The second kappa shape index (κ2) is 66.8. The van der Waals surface area contributed by atoms with Crippen LogP contribution in [0.1, 0.15) is 393 Å². The van der Waals surface area contributed by atoms with Gasteiger partial charge < -0.3 is 20.3 Å². The second-order valence-corrected chi connectivity index (χ2v) is 24.2. The van der Waals surface area contributed by atoms with Gasteiger partial charge in [0.05, 0.1) is 25.4 Å². The van der Waals surface area contributed by atoms with E-state index in [1.54, 1.807) is 6.08 Å². The second-order valence-electron chi connectivity index (χ2n) is 24.2. The zero-order valence-corrected chi connectivity index (χ0v) is 52.2. The summed E-state index contributed by atoms with van der Waals surface area (Å²) in [6.45, 7) is 4.93. The van der Waals surface area contributed by atoms with Crippen molar-refractivity contribution in [3.63, 3.8) is 0 Å². The van der Waals surface area contributed by atoms with E-state index in [4.69, 9.17) is 4.74 Å². The molecule has 3 N–H and O–H groups in total. The van der Waals surface area contributed by atoms with Crippen molar-refractivity contribution in [3.8, 4) is 0 Å². The Kier molecular flexibility index (Phi) is 65.4. The molecule has 0 aliphatic heterocycles. The van der Waals surface area contributed by atoms with Crippen LogP contribution >= 0.6 is 0 Å². The normalized spacial score (nSPS) is 12.6. The van der Waals surface area contributed by atoms with E-state index in [1.807, 2.05) is 6.08 Å². The molecule has 0 spiro atoms. The number of rotatable bonds is 66. The smallest absolute Gasteiger partial charge is 0.305 e. The molecule has 0 fully saturated rings. The van der Waals surface area contributed by atoms with Gasteiger partial charge in [-0.1, -0.05) is 346 Å². The minimum absolute atomic E-state index is 0.00616. The lowest BCUT2D eigenvalue weighted by Crippen LogP contribution is -2.45. The Bertz CT molecular complexity index is 1200. The maximum absolute atomic E-state index is 12.5. The van der Waals surface area contributed by atoms with E-state index in [0.717, 1.165) is 44.9 Å². The van der Waals surface area contributed by atoms with Crippen molar-refractivity contribution in [2.45, 2.75) is 405 Å². The molecular formula is C71H137NO5. The number of hydrogen-bond acceptors (Lipinski definition) is 5. The number of ether oxygens (including phenoxy) is 1. The molecule has 0 heterocycles. The largest absolute Gasteiger partial charge is 0.466 e. The van der Waals surface area contributed by atoms with Crippen molar-refractivity contribution in [1.29, 1.82) is 0 Å². The summed E-state index contributed by atoms with van der Waals surface area (Å²) in [5.74, 6) is -0.0570. The van der Waals surface area contributed by atoms with Crippen LogP contribution < -0.4 is 5.32 Å². The Labute approximate surface area is 481 Å². The van der Waals surface area contributed by atoms with Gasteiger partial charge in [0, 0.05) is 12.8 Å². The van der Waals surface area contributed by atoms with E-state index in [-0.39, 0.29) is 18.5 Å². The van der Waals surface area contributed by atoms with Crippen LogP contribution in [-0.4, -0.2) is 47.4 Å². The van der Waals surface area contributed by atoms with E-state index in [2.05, 4.69) is 31.3 Å². The molecule has 0 saturated carbocycles. The van der Waals surface area contributed by atoms with Gasteiger partial charge in [-0.3, -0.25) is 9.59 Å². The third kappa shape index (κ3) is 63.4. The predicted molar refractivity (Wildman–Crippen MR) is 338 cm³/mol. The molecule has 0 aliphatic rings. The lowest BCUT2D eigenvalue weighted by atomic mass is 10.0. The molecule has 0 aliphatic carbocycles. The number of allylic oxidation sites excluding steroid dienone is 3. The van der Waals surface area contributed by atoms with Crippen LogP contribution in [0.4, 0.5) is 0 Å². The first-order chi connectivity index (χ1) is 38.0. The first kappa shape index (κ1) is 75.3. The molecule has 0 aromatic heterocycles. The molecule has 2 atom stereocenters. The van der Waals surface area contributed by atoms with Crippen LogP contribution in [0, 0.1) is 0 Å². The molecule has 0 rings (SSSR count). The quantitative estimate of drug-likeness (QED) is 0.0320. The maximum Gasteiger partial charge on any atom is 0.305 e. The highest BCUT2D eigenvalue weighted by atomic mass is 16.5. The van der Waals surface area contributed by atoms with E-state index < -0.39 is 12.1 Å². The van der Waals surface area contributed by atoms with E-state index in [9.17, 15) is 19.8 Å². The molecule has 6 nitrogen and oxygen atoms in total. The number of carbonyl (C=O) groups excluding carboxylic acids is 2. The molecule has 0 aromatic rings. The molecule has 2 unspecified atom stereocenters. The van der Waals surface area contributed by atoms with Gasteiger partial charge in [0.15, 0.2) is 0 Å². The number of esters is 1.